The van der Waals surface area contributed by atoms with Crippen LogP contribution in [0.25, 0.3) is 5.70 Å². The third kappa shape index (κ3) is 0.739. The Morgan fingerprint density at radius 1 is 1.40 bits per heavy atom. The molecule has 0 saturated heterocycles. The molecule has 0 fully saturated rings. The van der Waals surface area contributed by atoms with E-state index in [2.05, 4.69) is 5.32 Å². The van der Waals surface area contributed by atoms with Gasteiger partial charge >= 0.3 is 0 Å². The first-order valence-corrected chi connectivity index (χ1v) is 3.08. The van der Waals surface area contributed by atoms with E-state index < -0.39 is 0 Å². The summed E-state index contributed by atoms with van der Waals surface area (Å²) < 4.78 is 5.12. The normalized spacial score (nSPS) is 15.0. The van der Waals surface area contributed by atoms with Gasteiger partial charge in [-0.25, -0.2) is 0 Å². The summed E-state index contributed by atoms with van der Waals surface area (Å²) >= 11 is 0. The van der Waals surface area contributed by atoms with Crippen LogP contribution in [0.2, 0.25) is 0 Å². The van der Waals surface area contributed by atoms with Crippen LogP contribution in [0.3, 0.4) is 0 Å². The summed E-state index contributed by atoms with van der Waals surface area (Å²) in [6.45, 7) is 0. The van der Waals surface area contributed by atoms with E-state index in [1.807, 2.05) is 24.3 Å². The molecule has 1 aliphatic rings. The van der Waals surface area contributed by atoms with Crippen molar-refractivity contribution in [2.45, 2.75) is 0 Å². The Kier molecular flexibility index (Phi) is 1.10. The number of rotatable bonds is 1. The summed E-state index contributed by atoms with van der Waals surface area (Å²) in [5, 5.41) is 4.06. The minimum Gasteiger partial charge on any atom is -0.463 e. The standard InChI is InChI=1S/C8H6NO/c1-3-7(9-5-1)8-4-2-6-10-8/h1-6H. The Morgan fingerprint density at radius 3 is 3.00 bits per heavy atom. The quantitative estimate of drug-likeness (QED) is 0.572. The second-order valence-corrected chi connectivity index (χ2v) is 2.00. The van der Waals surface area contributed by atoms with E-state index in [4.69, 9.17) is 4.42 Å². The number of allylic oxidation sites excluding steroid dienone is 2. The molecule has 2 rings (SSSR count). The van der Waals surface area contributed by atoms with Crippen LogP contribution in [0.1, 0.15) is 5.76 Å². The molecular formula is C8H6NO. The number of hydrogen-bond acceptors (Lipinski definition) is 1. The molecule has 49 valence electrons. The zero-order valence-corrected chi connectivity index (χ0v) is 5.32. The van der Waals surface area contributed by atoms with Crippen molar-refractivity contribution in [3.63, 3.8) is 0 Å². The highest BCUT2D eigenvalue weighted by atomic mass is 16.3. The van der Waals surface area contributed by atoms with Crippen molar-refractivity contribution in [1.82, 2.24) is 5.32 Å². The lowest BCUT2D eigenvalue weighted by Gasteiger charge is -1.92. The molecule has 0 N–H and O–H groups in total. The molecule has 0 atom stereocenters. The zero-order chi connectivity index (χ0) is 6.81. The zero-order valence-electron chi connectivity index (χ0n) is 5.32. The van der Waals surface area contributed by atoms with Crippen molar-refractivity contribution in [3.8, 4) is 0 Å². The molecule has 0 unspecified atom stereocenters. The molecule has 2 nitrogen and oxygen atoms in total. The summed E-state index contributed by atoms with van der Waals surface area (Å²) in [7, 11) is 0. The van der Waals surface area contributed by atoms with Crippen molar-refractivity contribution in [1.29, 1.82) is 0 Å². The summed E-state index contributed by atoms with van der Waals surface area (Å²) in [4.78, 5) is 0. The number of hydrogen-bond donors (Lipinski definition) is 0. The second kappa shape index (κ2) is 2.06. The highest BCUT2D eigenvalue weighted by Gasteiger charge is 2.04. The molecular weight excluding hydrogens is 126 g/mol. The molecule has 0 amide bonds. The lowest BCUT2D eigenvalue weighted by atomic mass is 10.3. The molecule has 10 heavy (non-hydrogen) atoms. The Bertz CT molecular complexity index is 269. The van der Waals surface area contributed by atoms with Gasteiger partial charge in [0.2, 0.25) is 0 Å². The maximum Gasteiger partial charge on any atom is 0.152 e. The van der Waals surface area contributed by atoms with Crippen molar-refractivity contribution >= 4 is 5.70 Å². The van der Waals surface area contributed by atoms with Gasteiger partial charge in [0.05, 0.1) is 6.26 Å². The monoisotopic (exact) mass is 132 g/mol. The van der Waals surface area contributed by atoms with E-state index in [0.29, 0.717) is 0 Å². The number of furan rings is 1. The van der Waals surface area contributed by atoms with Gasteiger partial charge in [0, 0.05) is 6.20 Å². The molecule has 1 aromatic rings. The Hall–Kier alpha value is -1.44. The fourth-order valence-electron chi connectivity index (χ4n) is 0.871. The van der Waals surface area contributed by atoms with Gasteiger partial charge in [-0.1, -0.05) is 0 Å². The molecule has 2 heterocycles. The van der Waals surface area contributed by atoms with E-state index in [1.165, 1.54) is 0 Å². The van der Waals surface area contributed by atoms with E-state index in [9.17, 15) is 0 Å². The SMILES string of the molecule is C1=C[N]C(c2ccco2)=C1. The topological polar surface area (TPSA) is 27.2 Å². The number of nitrogens with zero attached hydrogens (tertiary/aromatic N) is 1. The summed E-state index contributed by atoms with van der Waals surface area (Å²) in [5.74, 6) is 0.824. The van der Waals surface area contributed by atoms with Gasteiger partial charge in [-0.3, -0.25) is 5.32 Å². The van der Waals surface area contributed by atoms with Gasteiger partial charge in [-0.05, 0) is 24.3 Å². The van der Waals surface area contributed by atoms with E-state index >= 15 is 0 Å². The van der Waals surface area contributed by atoms with Crippen LogP contribution in [0.15, 0.2) is 41.2 Å². The van der Waals surface area contributed by atoms with Crippen molar-refractivity contribution in [2.24, 2.45) is 0 Å². The predicted molar refractivity (Wildman–Crippen MR) is 38.0 cm³/mol. The fraction of sp³-hybridized carbons (Fsp3) is 0. The molecule has 0 aromatic carbocycles. The van der Waals surface area contributed by atoms with Gasteiger partial charge in [0.15, 0.2) is 5.76 Å². The molecule has 1 aliphatic heterocycles. The van der Waals surface area contributed by atoms with Gasteiger partial charge in [-0.15, -0.1) is 0 Å². The Balaban J connectivity index is 2.30. The highest BCUT2D eigenvalue weighted by Crippen LogP contribution is 2.15. The Labute approximate surface area is 58.9 Å². The van der Waals surface area contributed by atoms with Gasteiger partial charge in [-0.2, -0.15) is 0 Å². The lowest BCUT2D eigenvalue weighted by Crippen LogP contribution is -1.88. The molecule has 1 aromatic heterocycles. The van der Waals surface area contributed by atoms with Crippen LogP contribution in [-0.2, 0) is 0 Å². The third-order valence-electron chi connectivity index (χ3n) is 1.33. The van der Waals surface area contributed by atoms with Crippen molar-refractivity contribution in [2.75, 3.05) is 0 Å². The Morgan fingerprint density at radius 2 is 2.40 bits per heavy atom. The summed E-state index contributed by atoms with van der Waals surface area (Å²) in [6.07, 6.45) is 7.19. The van der Waals surface area contributed by atoms with Crippen molar-refractivity contribution < 1.29 is 4.42 Å². The van der Waals surface area contributed by atoms with E-state index in [1.54, 1.807) is 12.5 Å². The molecule has 0 saturated carbocycles. The first-order valence-electron chi connectivity index (χ1n) is 3.08. The van der Waals surface area contributed by atoms with Crippen LogP contribution in [0.5, 0.6) is 0 Å². The second-order valence-electron chi connectivity index (χ2n) is 2.00. The van der Waals surface area contributed by atoms with Gasteiger partial charge < -0.3 is 4.42 Å². The van der Waals surface area contributed by atoms with Crippen LogP contribution >= 0.6 is 0 Å². The summed E-state index contributed by atoms with van der Waals surface area (Å²) in [6, 6.07) is 3.74. The maximum atomic E-state index is 5.12. The average Bonchev–Trinajstić information content (AvgIpc) is 2.59. The van der Waals surface area contributed by atoms with Crippen LogP contribution in [0, 0.1) is 0 Å². The van der Waals surface area contributed by atoms with E-state index in [0.717, 1.165) is 11.5 Å². The van der Waals surface area contributed by atoms with E-state index in [-0.39, 0.29) is 0 Å². The lowest BCUT2D eigenvalue weighted by molar-refractivity contribution is 0.550. The first-order chi connectivity index (χ1) is 4.97. The predicted octanol–water partition coefficient (Wildman–Crippen LogP) is 1.75. The first kappa shape index (κ1) is 5.35. The minimum absolute atomic E-state index is 0.824. The van der Waals surface area contributed by atoms with Gasteiger partial charge in [0.1, 0.15) is 5.70 Å². The molecule has 1 radical (unpaired) electrons. The maximum absolute atomic E-state index is 5.12. The van der Waals surface area contributed by atoms with Gasteiger partial charge in [0.25, 0.3) is 0 Å². The van der Waals surface area contributed by atoms with Crippen LogP contribution < -0.4 is 5.32 Å². The van der Waals surface area contributed by atoms with Crippen molar-refractivity contribution in [3.05, 3.63) is 42.5 Å². The largest absolute Gasteiger partial charge is 0.463 e. The highest BCUT2D eigenvalue weighted by molar-refractivity contribution is 5.64. The average molecular weight is 132 g/mol. The fourth-order valence-corrected chi connectivity index (χ4v) is 0.871. The minimum atomic E-state index is 0.824. The molecule has 0 bridgehead atoms. The molecule has 0 spiro atoms. The molecule has 2 heteroatoms. The molecule has 0 aliphatic carbocycles. The van der Waals surface area contributed by atoms with Crippen LogP contribution in [0.4, 0.5) is 0 Å². The van der Waals surface area contributed by atoms with Crippen LogP contribution in [-0.4, -0.2) is 0 Å². The smallest absolute Gasteiger partial charge is 0.152 e. The third-order valence-corrected chi connectivity index (χ3v) is 1.33. The summed E-state index contributed by atoms with van der Waals surface area (Å²) in [5.41, 5.74) is 0.894.